The zero-order chi connectivity index (χ0) is 19.2. The Morgan fingerprint density at radius 3 is 2.59 bits per heavy atom. The van der Waals surface area contributed by atoms with Crippen molar-refractivity contribution in [3.05, 3.63) is 77.7 Å². The number of benzene rings is 2. The van der Waals surface area contributed by atoms with Crippen LogP contribution in [0, 0.1) is 11.3 Å². The fourth-order valence-electron chi connectivity index (χ4n) is 2.41. The third kappa shape index (κ3) is 4.14. The van der Waals surface area contributed by atoms with Crippen LogP contribution in [0.15, 0.2) is 65.3 Å². The summed E-state index contributed by atoms with van der Waals surface area (Å²) in [7, 11) is 1.47. The first-order chi connectivity index (χ1) is 13.1. The fourth-order valence-corrected chi connectivity index (χ4v) is 2.41. The third-order valence-electron chi connectivity index (χ3n) is 3.70. The molecule has 2 amide bonds. The minimum absolute atomic E-state index is 0.169. The smallest absolute Gasteiger partial charge is 0.291 e. The summed E-state index contributed by atoms with van der Waals surface area (Å²) >= 11 is 0. The van der Waals surface area contributed by atoms with Crippen molar-refractivity contribution >= 4 is 23.2 Å². The quantitative estimate of drug-likeness (QED) is 0.721. The molecular formula is C20H15N3O4. The lowest BCUT2D eigenvalue weighted by molar-refractivity contribution is 0.0993. The molecule has 134 valence electrons. The summed E-state index contributed by atoms with van der Waals surface area (Å²) in [5.41, 5.74) is 1.55. The highest BCUT2D eigenvalue weighted by Gasteiger charge is 2.13. The molecule has 0 saturated carbocycles. The third-order valence-corrected chi connectivity index (χ3v) is 3.70. The summed E-state index contributed by atoms with van der Waals surface area (Å²) in [4.78, 5) is 24.6. The maximum absolute atomic E-state index is 12.6. The van der Waals surface area contributed by atoms with Gasteiger partial charge in [0.1, 0.15) is 5.75 Å². The first kappa shape index (κ1) is 17.8. The number of methoxy groups -OCH3 is 1. The topological polar surface area (TPSA) is 104 Å². The Kier molecular flexibility index (Phi) is 5.19. The Morgan fingerprint density at radius 2 is 1.89 bits per heavy atom. The number of amides is 2. The van der Waals surface area contributed by atoms with E-state index in [0.29, 0.717) is 28.3 Å². The molecule has 7 heteroatoms. The van der Waals surface area contributed by atoms with E-state index in [1.165, 1.54) is 25.5 Å². The molecular weight excluding hydrogens is 346 g/mol. The Hall–Kier alpha value is -4.05. The molecule has 2 aromatic carbocycles. The molecule has 0 aliphatic carbocycles. The maximum atomic E-state index is 12.6. The van der Waals surface area contributed by atoms with E-state index in [9.17, 15) is 9.59 Å². The summed E-state index contributed by atoms with van der Waals surface area (Å²) < 4.78 is 10.2. The van der Waals surface area contributed by atoms with Gasteiger partial charge in [0.15, 0.2) is 5.76 Å². The molecule has 2 N–H and O–H groups in total. The number of rotatable bonds is 5. The van der Waals surface area contributed by atoms with E-state index in [1.807, 2.05) is 6.07 Å². The van der Waals surface area contributed by atoms with E-state index in [0.717, 1.165) is 0 Å². The molecule has 0 bridgehead atoms. The summed E-state index contributed by atoms with van der Waals surface area (Å²) in [5, 5.41) is 14.4. The molecule has 1 aromatic heterocycles. The molecule has 0 spiro atoms. The summed E-state index contributed by atoms with van der Waals surface area (Å²) in [6.07, 6.45) is 1.40. The lowest BCUT2D eigenvalue weighted by Crippen LogP contribution is -2.14. The predicted octanol–water partition coefficient (Wildman–Crippen LogP) is 3.66. The average Bonchev–Trinajstić information content (AvgIpc) is 3.23. The molecule has 0 atom stereocenters. The second kappa shape index (κ2) is 7.89. The number of hydrogen-bond acceptors (Lipinski definition) is 5. The molecule has 0 unspecified atom stereocenters. The lowest BCUT2D eigenvalue weighted by Gasteiger charge is -2.11. The molecule has 3 aromatic rings. The van der Waals surface area contributed by atoms with E-state index in [2.05, 4.69) is 10.6 Å². The largest absolute Gasteiger partial charge is 0.495 e. The number of hydrogen-bond donors (Lipinski definition) is 2. The normalized spacial score (nSPS) is 9.93. The highest BCUT2D eigenvalue weighted by molar-refractivity contribution is 6.07. The Bertz CT molecular complexity index is 1020. The molecule has 0 fully saturated rings. The van der Waals surface area contributed by atoms with Crippen LogP contribution >= 0.6 is 0 Å². The van der Waals surface area contributed by atoms with Crippen molar-refractivity contribution in [2.75, 3.05) is 17.7 Å². The monoisotopic (exact) mass is 361 g/mol. The van der Waals surface area contributed by atoms with Gasteiger partial charge < -0.3 is 19.8 Å². The van der Waals surface area contributed by atoms with Crippen LogP contribution in [0.1, 0.15) is 26.5 Å². The van der Waals surface area contributed by atoms with Gasteiger partial charge in [0.2, 0.25) is 0 Å². The van der Waals surface area contributed by atoms with Gasteiger partial charge in [-0.25, -0.2) is 0 Å². The van der Waals surface area contributed by atoms with Gasteiger partial charge in [-0.15, -0.1) is 0 Å². The number of ether oxygens (including phenoxy) is 1. The highest BCUT2D eigenvalue weighted by atomic mass is 16.5. The van der Waals surface area contributed by atoms with E-state index in [4.69, 9.17) is 14.4 Å². The van der Waals surface area contributed by atoms with E-state index in [1.54, 1.807) is 42.5 Å². The van der Waals surface area contributed by atoms with Crippen molar-refractivity contribution in [3.8, 4) is 11.8 Å². The first-order valence-electron chi connectivity index (χ1n) is 7.95. The molecule has 0 radical (unpaired) electrons. The van der Waals surface area contributed by atoms with Crippen LogP contribution in [0.2, 0.25) is 0 Å². The summed E-state index contributed by atoms with van der Waals surface area (Å²) in [6, 6.07) is 16.4. The molecule has 7 nitrogen and oxygen atoms in total. The Labute approximate surface area is 155 Å². The number of anilines is 2. The van der Waals surface area contributed by atoms with Crippen molar-refractivity contribution in [1.82, 2.24) is 0 Å². The minimum Gasteiger partial charge on any atom is -0.495 e. The molecule has 0 saturated heterocycles. The second-order valence-electron chi connectivity index (χ2n) is 5.49. The van der Waals surface area contributed by atoms with Crippen LogP contribution in [0.25, 0.3) is 0 Å². The van der Waals surface area contributed by atoms with Crippen LogP contribution in [-0.4, -0.2) is 18.9 Å². The molecule has 3 rings (SSSR count). The standard InChI is InChI=1S/C20H15N3O4/c1-26-17-8-7-13(12-21)10-16(17)23-19(24)14-4-2-5-15(11-14)22-20(25)18-6-3-9-27-18/h2-11H,1H3,(H,22,25)(H,23,24). The number of furan rings is 1. The van der Waals surface area contributed by atoms with Crippen LogP contribution in [-0.2, 0) is 0 Å². The van der Waals surface area contributed by atoms with Crippen LogP contribution in [0.4, 0.5) is 11.4 Å². The van der Waals surface area contributed by atoms with E-state index in [-0.39, 0.29) is 5.76 Å². The number of carbonyl (C=O) groups excluding carboxylic acids is 2. The number of nitrogens with one attached hydrogen (secondary N) is 2. The Morgan fingerprint density at radius 1 is 1.04 bits per heavy atom. The summed E-state index contributed by atoms with van der Waals surface area (Å²) in [6.45, 7) is 0. The predicted molar refractivity (Wildman–Crippen MR) is 98.8 cm³/mol. The van der Waals surface area contributed by atoms with Crippen LogP contribution in [0.5, 0.6) is 5.75 Å². The van der Waals surface area contributed by atoms with Gasteiger partial charge in [-0.3, -0.25) is 9.59 Å². The Balaban J connectivity index is 1.78. The molecule has 0 aliphatic heterocycles. The average molecular weight is 361 g/mol. The number of nitrogens with zero attached hydrogens (tertiary/aromatic N) is 1. The van der Waals surface area contributed by atoms with Gasteiger partial charge in [-0.1, -0.05) is 6.07 Å². The van der Waals surface area contributed by atoms with E-state index < -0.39 is 11.8 Å². The van der Waals surface area contributed by atoms with Gasteiger partial charge in [0.05, 0.1) is 30.7 Å². The molecule has 1 heterocycles. The fraction of sp³-hybridized carbons (Fsp3) is 0.0500. The molecule has 0 aliphatic rings. The highest BCUT2D eigenvalue weighted by Crippen LogP contribution is 2.26. The summed E-state index contributed by atoms with van der Waals surface area (Å²) in [5.74, 6) is -0.217. The van der Waals surface area contributed by atoms with Gasteiger partial charge in [-0.05, 0) is 48.5 Å². The van der Waals surface area contributed by atoms with Crippen molar-refractivity contribution in [3.63, 3.8) is 0 Å². The second-order valence-corrected chi connectivity index (χ2v) is 5.49. The zero-order valence-corrected chi connectivity index (χ0v) is 14.4. The number of carbonyl (C=O) groups is 2. The van der Waals surface area contributed by atoms with Crippen molar-refractivity contribution < 1.29 is 18.7 Å². The van der Waals surface area contributed by atoms with Crippen molar-refractivity contribution in [2.24, 2.45) is 0 Å². The zero-order valence-electron chi connectivity index (χ0n) is 14.4. The SMILES string of the molecule is COc1ccc(C#N)cc1NC(=O)c1cccc(NC(=O)c2ccco2)c1. The molecule has 27 heavy (non-hydrogen) atoms. The number of nitriles is 1. The van der Waals surface area contributed by atoms with Gasteiger partial charge in [-0.2, -0.15) is 5.26 Å². The van der Waals surface area contributed by atoms with Gasteiger partial charge in [0, 0.05) is 11.3 Å². The van der Waals surface area contributed by atoms with Crippen molar-refractivity contribution in [1.29, 1.82) is 5.26 Å². The van der Waals surface area contributed by atoms with Gasteiger partial charge >= 0.3 is 0 Å². The van der Waals surface area contributed by atoms with E-state index >= 15 is 0 Å². The van der Waals surface area contributed by atoms with Crippen LogP contribution in [0.3, 0.4) is 0 Å². The van der Waals surface area contributed by atoms with Gasteiger partial charge in [0.25, 0.3) is 11.8 Å². The van der Waals surface area contributed by atoms with Crippen LogP contribution < -0.4 is 15.4 Å². The lowest BCUT2D eigenvalue weighted by atomic mass is 10.1. The van der Waals surface area contributed by atoms with Crippen molar-refractivity contribution in [2.45, 2.75) is 0 Å². The first-order valence-corrected chi connectivity index (χ1v) is 7.95. The minimum atomic E-state index is -0.416. The maximum Gasteiger partial charge on any atom is 0.291 e.